The number of rotatable bonds is 5. The van der Waals surface area contributed by atoms with Gasteiger partial charge in [0.1, 0.15) is 0 Å². The molecule has 1 aliphatic heterocycles. The molecule has 0 bridgehead atoms. The van der Waals surface area contributed by atoms with E-state index in [0.717, 1.165) is 45.8 Å². The number of methoxy groups -OCH3 is 1. The quantitative estimate of drug-likeness (QED) is 0.806. The van der Waals surface area contributed by atoms with Crippen LogP contribution in [-0.2, 0) is 4.74 Å². The van der Waals surface area contributed by atoms with Gasteiger partial charge in [-0.05, 0) is 6.42 Å². The fraction of sp³-hybridized carbons (Fsp3) is 0.615. The second-order valence-electron chi connectivity index (χ2n) is 4.73. The third-order valence-corrected chi connectivity index (χ3v) is 3.41. The average molecular weight is 268 g/mol. The highest BCUT2D eigenvalue weighted by Crippen LogP contribution is 2.26. The molecule has 0 spiro atoms. The van der Waals surface area contributed by atoms with Crippen molar-refractivity contribution in [2.45, 2.75) is 6.42 Å². The number of piperazine rings is 1. The molecular weight excluding hydrogens is 247 g/mol. The monoisotopic (exact) mass is 268 g/mol. The Bertz CT molecular complexity index is 387. The summed E-state index contributed by atoms with van der Waals surface area (Å²) < 4.78 is 18.8. The van der Waals surface area contributed by atoms with Crippen molar-refractivity contribution in [2.24, 2.45) is 0 Å². The fourth-order valence-electron chi connectivity index (χ4n) is 2.40. The number of hydrogen-bond donors (Lipinski definition) is 1. The zero-order valence-electron chi connectivity index (χ0n) is 11.3. The minimum atomic E-state index is -0.340. The molecule has 6 heteroatoms. The van der Waals surface area contributed by atoms with Crippen LogP contribution in [0.2, 0.25) is 0 Å². The molecule has 0 amide bonds. The van der Waals surface area contributed by atoms with Gasteiger partial charge in [0.15, 0.2) is 5.82 Å². The molecule has 0 unspecified atom stereocenters. The Morgan fingerprint density at radius 1 is 1.32 bits per heavy atom. The summed E-state index contributed by atoms with van der Waals surface area (Å²) in [5.41, 5.74) is 6.71. The summed E-state index contributed by atoms with van der Waals surface area (Å²) in [6.07, 6.45) is 3.75. The van der Waals surface area contributed by atoms with E-state index in [-0.39, 0.29) is 5.82 Å². The van der Waals surface area contributed by atoms with Gasteiger partial charge >= 0.3 is 0 Å². The molecule has 2 N–H and O–H groups in total. The van der Waals surface area contributed by atoms with E-state index in [1.165, 1.54) is 12.4 Å². The topological polar surface area (TPSA) is 54.6 Å². The molecule has 0 radical (unpaired) electrons. The number of anilines is 2. The lowest BCUT2D eigenvalue weighted by atomic mass is 10.2. The Morgan fingerprint density at radius 2 is 2.05 bits per heavy atom. The molecule has 0 aromatic carbocycles. The largest absolute Gasteiger partial charge is 0.396 e. The smallest absolute Gasteiger partial charge is 0.166 e. The molecule has 106 valence electrons. The van der Waals surface area contributed by atoms with Crippen LogP contribution >= 0.6 is 0 Å². The highest BCUT2D eigenvalue weighted by molar-refractivity contribution is 5.67. The van der Waals surface area contributed by atoms with Gasteiger partial charge in [-0.2, -0.15) is 0 Å². The van der Waals surface area contributed by atoms with Crippen LogP contribution in [-0.4, -0.2) is 56.3 Å². The van der Waals surface area contributed by atoms with E-state index in [2.05, 4.69) is 9.88 Å². The van der Waals surface area contributed by atoms with Crippen molar-refractivity contribution in [2.75, 3.05) is 57.1 Å². The highest BCUT2D eigenvalue weighted by atomic mass is 19.1. The SMILES string of the molecule is COCCCN1CCN(c2c(N)cncc2F)CC1. The minimum Gasteiger partial charge on any atom is -0.396 e. The molecule has 1 aromatic rings. The van der Waals surface area contributed by atoms with E-state index >= 15 is 0 Å². The Hall–Kier alpha value is -1.40. The Labute approximate surface area is 113 Å². The maximum atomic E-state index is 13.8. The Morgan fingerprint density at radius 3 is 2.68 bits per heavy atom. The van der Waals surface area contributed by atoms with Crippen molar-refractivity contribution >= 4 is 11.4 Å². The highest BCUT2D eigenvalue weighted by Gasteiger charge is 2.21. The van der Waals surface area contributed by atoms with Crippen molar-refractivity contribution < 1.29 is 9.13 Å². The minimum absolute atomic E-state index is 0.340. The normalized spacial score (nSPS) is 16.8. The van der Waals surface area contributed by atoms with Gasteiger partial charge < -0.3 is 15.4 Å². The first-order valence-electron chi connectivity index (χ1n) is 6.57. The Kier molecular flexibility index (Phi) is 4.93. The first kappa shape index (κ1) is 14.0. The molecule has 5 nitrogen and oxygen atoms in total. The summed E-state index contributed by atoms with van der Waals surface area (Å²) >= 11 is 0. The van der Waals surface area contributed by atoms with Gasteiger partial charge in [-0.15, -0.1) is 0 Å². The molecule has 0 atom stereocenters. The van der Waals surface area contributed by atoms with Gasteiger partial charge in [0.2, 0.25) is 0 Å². The summed E-state index contributed by atoms with van der Waals surface area (Å²) in [6.45, 7) is 5.23. The van der Waals surface area contributed by atoms with Gasteiger partial charge in [-0.3, -0.25) is 9.88 Å². The zero-order valence-corrected chi connectivity index (χ0v) is 11.3. The third kappa shape index (κ3) is 3.54. The van der Waals surface area contributed by atoms with Crippen molar-refractivity contribution in [3.8, 4) is 0 Å². The zero-order chi connectivity index (χ0) is 13.7. The fourth-order valence-corrected chi connectivity index (χ4v) is 2.40. The summed E-state index contributed by atoms with van der Waals surface area (Å²) in [5, 5.41) is 0. The van der Waals surface area contributed by atoms with Gasteiger partial charge in [-0.25, -0.2) is 4.39 Å². The van der Waals surface area contributed by atoms with Crippen LogP contribution in [0.15, 0.2) is 12.4 Å². The Balaban J connectivity index is 1.89. The second kappa shape index (κ2) is 6.68. The van der Waals surface area contributed by atoms with E-state index in [1.807, 2.05) is 4.90 Å². The lowest BCUT2D eigenvalue weighted by Gasteiger charge is -2.36. The number of halogens is 1. The van der Waals surface area contributed by atoms with Gasteiger partial charge in [0.05, 0.1) is 23.8 Å². The molecule has 2 heterocycles. The number of nitrogen functional groups attached to an aromatic ring is 1. The number of nitrogens with zero attached hydrogens (tertiary/aromatic N) is 3. The molecule has 2 rings (SSSR count). The number of aromatic nitrogens is 1. The number of hydrogen-bond acceptors (Lipinski definition) is 5. The van der Waals surface area contributed by atoms with Crippen LogP contribution in [0.25, 0.3) is 0 Å². The lowest BCUT2D eigenvalue weighted by Crippen LogP contribution is -2.47. The van der Waals surface area contributed by atoms with Gasteiger partial charge in [-0.1, -0.05) is 0 Å². The summed E-state index contributed by atoms with van der Waals surface area (Å²) in [4.78, 5) is 8.12. The van der Waals surface area contributed by atoms with Crippen molar-refractivity contribution in [1.82, 2.24) is 9.88 Å². The van der Waals surface area contributed by atoms with Crippen LogP contribution in [0, 0.1) is 5.82 Å². The maximum absolute atomic E-state index is 13.8. The number of ether oxygens (including phenoxy) is 1. The standard InChI is InChI=1S/C13H21FN4O/c1-19-8-2-3-17-4-6-18(7-5-17)13-11(14)9-16-10-12(13)15/h9-10H,2-8,15H2,1H3. The predicted molar refractivity (Wildman–Crippen MR) is 73.8 cm³/mol. The van der Waals surface area contributed by atoms with E-state index < -0.39 is 0 Å². The molecule has 19 heavy (non-hydrogen) atoms. The van der Waals surface area contributed by atoms with Crippen molar-refractivity contribution in [3.63, 3.8) is 0 Å². The third-order valence-electron chi connectivity index (χ3n) is 3.41. The molecule has 0 aliphatic carbocycles. The second-order valence-corrected chi connectivity index (χ2v) is 4.73. The van der Waals surface area contributed by atoms with E-state index in [4.69, 9.17) is 10.5 Å². The molecule has 1 saturated heterocycles. The molecule has 1 fully saturated rings. The first-order chi connectivity index (χ1) is 9.22. The molecule has 1 aromatic heterocycles. The summed E-state index contributed by atoms with van der Waals surface area (Å²) in [6, 6.07) is 0. The van der Waals surface area contributed by atoms with Crippen LogP contribution in [0.4, 0.5) is 15.8 Å². The van der Waals surface area contributed by atoms with Crippen LogP contribution < -0.4 is 10.6 Å². The van der Waals surface area contributed by atoms with Crippen LogP contribution in [0.3, 0.4) is 0 Å². The summed E-state index contributed by atoms with van der Waals surface area (Å²) in [7, 11) is 1.72. The average Bonchev–Trinajstić information content (AvgIpc) is 2.40. The van der Waals surface area contributed by atoms with Crippen LogP contribution in [0.1, 0.15) is 6.42 Å². The number of pyridine rings is 1. The number of nitrogens with two attached hydrogens (primary N) is 1. The first-order valence-corrected chi connectivity index (χ1v) is 6.57. The maximum Gasteiger partial charge on any atom is 0.166 e. The van der Waals surface area contributed by atoms with E-state index in [0.29, 0.717) is 11.4 Å². The van der Waals surface area contributed by atoms with E-state index in [9.17, 15) is 4.39 Å². The molecular formula is C13H21FN4O. The summed E-state index contributed by atoms with van der Waals surface area (Å²) in [5.74, 6) is -0.340. The van der Waals surface area contributed by atoms with E-state index in [1.54, 1.807) is 7.11 Å². The van der Waals surface area contributed by atoms with Crippen LogP contribution in [0.5, 0.6) is 0 Å². The lowest BCUT2D eigenvalue weighted by molar-refractivity contribution is 0.169. The van der Waals surface area contributed by atoms with Crippen molar-refractivity contribution in [1.29, 1.82) is 0 Å². The van der Waals surface area contributed by atoms with Gasteiger partial charge in [0, 0.05) is 46.4 Å². The van der Waals surface area contributed by atoms with Gasteiger partial charge in [0.25, 0.3) is 0 Å². The van der Waals surface area contributed by atoms with Crippen molar-refractivity contribution in [3.05, 3.63) is 18.2 Å². The molecule has 1 aliphatic rings. The molecule has 0 saturated carbocycles. The predicted octanol–water partition coefficient (Wildman–Crippen LogP) is 0.961.